The van der Waals surface area contributed by atoms with Crippen LogP contribution in [0.15, 0.2) is 29.2 Å². The fourth-order valence-electron chi connectivity index (χ4n) is 3.93. The molecule has 6 heteroatoms. The van der Waals surface area contributed by atoms with Crippen LogP contribution in [0.25, 0.3) is 0 Å². The summed E-state index contributed by atoms with van der Waals surface area (Å²) in [5.74, 6) is 0. The van der Waals surface area contributed by atoms with Crippen LogP contribution in [0.5, 0.6) is 0 Å². The van der Waals surface area contributed by atoms with Gasteiger partial charge in [-0.1, -0.05) is 18.2 Å². The van der Waals surface area contributed by atoms with E-state index in [4.69, 9.17) is 9.47 Å². The standard InChI is InChI=1S/C18H27NO4S/c1-15-5-3-4-6-16(15)24(20,21)19-11-9-18(10-12-19)8-7-17(18)23-14-13-22-2/h3-6,17H,7-14H2,1-2H3. The molecule has 1 aromatic rings. The van der Waals surface area contributed by atoms with Crippen molar-refractivity contribution in [1.29, 1.82) is 0 Å². The van der Waals surface area contributed by atoms with E-state index in [9.17, 15) is 8.42 Å². The first kappa shape index (κ1) is 17.9. The average molecular weight is 353 g/mol. The van der Waals surface area contributed by atoms with Crippen LogP contribution in [-0.2, 0) is 19.5 Å². The van der Waals surface area contributed by atoms with Gasteiger partial charge in [-0.25, -0.2) is 8.42 Å². The Morgan fingerprint density at radius 2 is 1.88 bits per heavy atom. The first-order valence-electron chi connectivity index (χ1n) is 8.66. The number of aryl methyl sites for hydroxylation is 1. The predicted molar refractivity (Wildman–Crippen MR) is 92.5 cm³/mol. The van der Waals surface area contributed by atoms with Gasteiger partial charge in [0.2, 0.25) is 10.0 Å². The quantitative estimate of drug-likeness (QED) is 0.738. The van der Waals surface area contributed by atoms with Crippen molar-refractivity contribution in [2.75, 3.05) is 33.4 Å². The normalized spacial score (nSPS) is 24.0. The van der Waals surface area contributed by atoms with E-state index in [1.807, 2.05) is 19.1 Å². The fourth-order valence-corrected chi connectivity index (χ4v) is 5.60. The summed E-state index contributed by atoms with van der Waals surface area (Å²) in [5.41, 5.74) is 0.980. The molecule has 24 heavy (non-hydrogen) atoms. The van der Waals surface area contributed by atoms with Crippen molar-refractivity contribution < 1.29 is 17.9 Å². The molecule has 0 bridgehead atoms. The number of ether oxygens (including phenoxy) is 2. The van der Waals surface area contributed by atoms with E-state index in [0.717, 1.165) is 31.2 Å². The van der Waals surface area contributed by atoms with Crippen LogP contribution in [0.4, 0.5) is 0 Å². The van der Waals surface area contributed by atoms with Crippen LogP contribution < -0.4 is 0 Å². The minimum Gasteiger partial charge on any atom is -0.382 e. The lowest BCUT2D eigenvalue weighted by Gasteiger charge is -2.53. The highest BCUT2D eigenvalue weighted by molar-refractivity contribution is 7.89. The lowest BCUT2D eigenvalue weighted by Crippen LogP contribution is -2.54. The summed E-state index contributed by atoms with van der Waals surface area (Å²) in [4.78, 5) is 0.433. The van der Waals surface area contributed by atoms with Gasteiger partial charge in [-0.3, -0.25) is 0 Å². The van der Waals surface area contributed by atoms with Gasteiger partial charge in [0.1, 0.15) is 0 Å². The molecule has 5 nitrogen and oxygen atoms in total. The zero-order chi connectivity index (χ0) is 17.2. The van der Waals surface area contributed by atoms with Crippen LogP contribution in [0.1, 0.15) is 31.2 Å². The lowest BCUT2D eigenvalue weighted by atomic mass is 9.61. The lowest BCUT2D eigenvalue weighted by molar-refractivity contribution is -0.137. The van der Waals surface area contributed by atoms with Crippen molar-refractivity contribution in [3.05, 3.63) is 29.8 Å². The number of methoxy groups -OCH3 is 1. The number of rotatable bonds is 6. The molecule has 134 valence electrons. The van der Waals surface area contributed by atoms with Gasteiger partial charge in [0, 0.05) is 20.2 Å². The number of sulfonamides is 1. The third-order valence-corrected chi connectivity index (χ3v) is 7.68. The van der Waals surface area contributed by atoms with Crippen molar-refractivity contribution >= 4 is 10.0 Å². The summed E-state index contributed by atoms with van der Waals surface area (Å²) >= 11 is 0. The molecule has 0 aromatic heterocycles. The zero-order valence-corrected chi connectivity index (χ0v) is 15.3. The van der Waals surface area contributed by atoms with E-state index in [1.165, 1.54) is 0 Å². The van der Waals surface area contributed by atoms with Gasteiger partial charge >= 0.3 is 0 Å². The number of hydrogen-bond donors (Lipinski definition) is 0. The Balaban J connectivity index is 1.64. The molecule has 1 atom stereocenters. The second-order valence-electron chi connectivity index (χ2n) is 6.92. The van der Waals surface area contributed by atoms with E-state index in [0.29, 0.717) is 31.2 Å². The first-order chi connectivity index (χ1) is 11.5. The van der Waals surface area contributed by atoms with E-state index in [-0.39, 0.29) is 11.5 Å². The zero-order valence-electron chi connectivity index (χ0n) is 14.5. The molecule has 0 N–H and O–H groups in total. The number of benzene rings is 1. The monoisotopic (exact) mass is 353 g/mol. The molecule has 2 fully saturated rings. The molecule has 2 aliphatic rings. The van der Waals surface area contributed by atoms with Crippen LogP contribution in [0.3, 0.4) is 0 Å². The molecule has 1 heterocycles. The molecule has 1 unspecified atom stereocenters. The maximum absolute atomic E-state index is 12.9. The Bertz CT molecular complexity index is 665. The second kappa shape index (κ2) is 7.12. The van der Waals surface area contributed by atoms with E-state index < -0.39 is 10.0 Å². The first-order valence-corrected chi connectivity index (χ1v) is 10.1. The van der Waals surface area contributed by atoms with Crippen LogP contribution >= 0.6 is 0 Å². The summed E-state index contributed by atoms with van der Waals surface area (Å²) in [6.45, 7) is 4.25. The summed E-state index contributed by atoms with van der Waals surface area (Å²) in [6, 6.07) is 7.21. The van der Waals surface area contributed by atoms with Gasteiger partial charge < -0.3 is 9.47 Å². The molecule has 1 aliphatic heterocycles. The summed E-state index contributed by atoms with van der Waals surface area (Å²) in [6.07, 6.45) is 4.25. The van der Waals surface area contributed by atoms with Crippen molar-refractivity contribution in [2.24, 2.45) is 5.41 Å². The van der Waals surface area contributed by atoms with E-state index >= 15 is 0 Å². The molecular weight excluding hydrogens is 326 g/mol. The number of hydrogen-bond acceptors (Lipinski definition) is 4. The largest absolute Gasteiger partial charge is 0.382 e. The molecule has 1 saturated carbocycles. The molecule has 1 aliphatic carbocycles. The predicted octanol–water partition coefficient (Wildman–Crippen LogP) is 2.59. The minimum atomic E-state index is -3.39. The maximum Gasteiger partial charge on any atom is 0.243 e. The highest BCUT2D eigenvalue weighted by Gasteiger charge is 2.50. The Hall–Kier alpha value is -0.950. The van der Waals surface area contributed by atoms with Crippen molar-refractivity contribution in [3.63, 3.8) is 0 Å². The van der Waals surface area contributed by atoms with Gasteiger partial charge in [0.15, 0.2) is 0 Å². The van der Waals surface area contributed by atoms with Crippen molar-refractivity contribution in [2.45, 2.75) is 43.6 Å². The fraction of sp³-hybridized carbons (Fsp3) is 0.667. The SMILES string of the molecule is COCCOC1CCC12CCN(S(=O)(=O)c1ccccc1C)CC2. The highest BCUT2D eigenvalue weighted by Crippen LogP contribution is 2.51. The third kappa shape index (κ3) is 3.25. The number of nitrogens with zero attached hydrogens (tertiary/aromatic N) is 1. The van der Waals surface area contributed by atoms with Crippen LogP contribution in [0, 0.1) is 12.3 Å². The van der Waals surface area contributed by atoms with Crippen LogP contribution in [0.2, 0.25) is 0 Å². The Morgan fingerprint density at radius 3 is 2.46 bits per heavy atom. The van der Waals surface area contributed by atoms with E-state index in [2.05, 4.69) is 0 Å². The molecular formula is C18H27NO4S. The molecule has 1 saturated heterocycles. The average Bonchev–Trinajstić information content (AvgIpc) is 2.58. The Morgan fingerprint density at radius 1 is 1.17 bits per heavy atom. The highest BCUT2D eigenvalue weighted by atomic mass is 32.2. The topological polar surface area (TPSA) is 55.8 Å². The Labute approximate surface area is 145 Å². The number of piperidine rings is 1. The molecule has 1 spiro atoms. The van der Waals surface area contributed by atoms with E-state index in [1.54, 1.807) is 23.5 Å². The van der Waals surface area contributed by atoms with Gasteiger partial charge in [0.25, 0.3) is 0 Å². The van der Waals surface area contributed by atoms with Crippen LogP contribution in [-0.4, -0.2) is 52.2 Å². The smallest absolute Gasteiger partial charge is 0.243 e. The summed E-state index contributed by atoms with van der Waals surface area (Å²) in [5, 5.41) is 0. The second-order valence-corrected chi connectivity index (χ2v) is 8.83. The molecule has 3 rings (SSSR count). The van der Waals surface area contributed by atoms with Crippen molar-refractivity contribution in [1.82, 2.24) is 4.31 Å². The summed E-state index contributed by atoms with van der Waals surface area (Å²) < 4.78 is 38.4. The van der Waals surface area contributed by atoms with Gasteiger partial charge in [-0.2, -0.15) is 4.31 Å². The third-order valence-electron chi connectivity index (χ3n) is 5.62. The molecule has 0 radical (unpaired) electrons. The van der Waals surface area contributed by atoms with Crippen molar-refractivity contribution in [3.8, 4) is 0 Å². The van der Waals surface area contributed by atoms with Gasteiger partial charge in [-0.05, 0) is 49.7 Å². The summed E-state index contributed by atoms with van der Waals surface area (Å²) in [7, 11) is -1.72. The maximum atomic E-state index is 12.9. The molecule has 1 aromatic carbocycles. The Kier molecular flexibility index (Phi) is 5.30. The van der Waals surface area contributed by atoms with Gasteiger partial charge in [0.05, 0.1) is 24.2 Å². The minimum absolute atomic E-state index is 0.172. The van der Waals surface area contributed by atoms with Gasteiger partial charge in [-0.15, -0.1) is 0 Å². The molecule has 0 amide bonds.